The van der Waals surface area contributed by atoms with Crippen LogP contribution in [0.25, 0.3) is 11.0 Å². The number of aromatic amines is 1. The molecule has 8 nitrogen and oxygen atoms in total. The van der Waals surface area contributed by atoms with Crippen LogP contribution in [0.2, 0.25) is 0 Å². The topological polar surface area (TPSA) is 104 Å². The quantitative estimate of drug-likeness (QED) is 0.754. The Morgan fingerprint density at radius 1 is 1.24 bits per heavy atom. The fourth-order valence-electron chi connectivity index (χ4n) is 3.09. The van der Waals surface area contributed by atoms with Gasteiger partial charge in [-0.1, -0.05) is 0 Å². The van der Waals surface area contributed by atoms with Crippen molar-refractivity contribution in [3.63, 3.8) is 0 Å². The molecule has 2 N–H and O–H groups in total. The third-order valence-corrected chi connectivity index (χ3v) is 4.35. The summed E-state index contributed by atoms with van der Waals surface area (Å²) in [6.07, 6.45) is 3.15. The Balaban J connectivity index is 1.43. The lowest BCUT2D eigenvalue weighted by Gasteiger charge is -2.32. The minimum absolute atomic E-state index is 0.0897. The number of aromatic nitrogens is 3. The lowest BCUT2D eigenvalue weighted by Crippen LogP contribution is -2.49. The molecule has 0 aliphatic carbocycles. The van der Waals surface area contributed by atoms with Crippen LogP contribution in [0.4, 0.5) is 0 Å². The van der Waals surface area contributed by atoms with Crippen molar-refractivity contribution in [3.8, 4) is 0 Å². The van der Waals surface area contributed by atoms with Crippen molar-refractivity contribution in [1.82, 2.24) is 25.6 Å². The van der Waals surface area contributed by atoms with Gasteiger partial charge in [0.15, 0.2) is 5.76 Å². The Bertz CT molecular complexity index is 902. The summed E-state index contributed by atoms with van der Waals surface area (Å²) in [5.41, 5.74) is 1.88. The Morgan fingerprint density at radius 2 is 2.12 bits per heavy atom. The first-order valence-corrected chi connectivity index (χ1v) is 8.15. The van der Waals surface area contributed by atoms with Gasteiger partial charge in [-0.3, -0.25) is 9.59 Å². The van der Waals surface area contributed by atoms with Crippen LogP contribution in [0, 0.1) is 0 Å². The van der Waals surface area contributed by atoms with E-state index in [9.17, 15) is 9.59 Å². The zero-order valence-electron chi connectivity index (χ0n) is 13.4. The molecule has 0 spiro atoms. The number of carbonyl (C=O) groups is 2. The maximum absolute atomic E-state index is 12.5. The van der Waals surface area contributed by atoms with Crippen molar-refractivity contribution in [2.75, 3.05) is 13.1 Å². The molecular formula is C17H17N5O3. The summed E-state index contributed by atoms with van der Waals surface area (Å²) >= 11 is 0. The van der Waals surface area contributed by atoms with Crippen molar-refractivity contribution < 1.29 is 14.0 Å². The predicted octanol–water partition coefficient (Wildman–Crippen LogP) is 1.59. The summed E-state index contributed by atoms with van der Waals surface area (Å²) in [7, 11) is 0. The van der Waals surface area contributed by atoms with E-state index in [1.807, 2.05) is 0 Å². The summed E-state index contributed by atoms with van der Waals surface area (Å²) in [5, 5.41) is 13.5. The average Bonchev–Trinajstić information content (AvgIpc) is 3.32. The second-order valence-corrected chi connectivity index (χ2v) is 6.07. The number of hydrogen-bond donors (Lipinski definition) is 2. The molecule has 0 radical (unpaired) electrons. The van der Waals surface area contributed by atoms with Gasteiger partial charge < -0.3 is 14.6 Å². The van der Waals surface area contributed by atoms with Crippen molar-refractivity contribution in [2.45, 2.75) is 18.9 Å². The highest BCUT2D eigenvalue weighted by Gasteiger charge is 2.27. The molecule has 3 aromatic rings. The van der Waals surface area contributed by atoms with E-state index in [0.29, 0.717) is 35.4 Å². The summed E-state index contributed by atoms with van der Waals surface area (Å²) in [5.74, 6) is -0.00127. The van der Waals surface area contributed by atoms with Crippen LogP contribution in [-0.2, 0) is 0 Å². The van der Waals surface area contributed by atoms with E-state index >= 15 is 0 Å². The zero-order chi connectivity index (χ0) is 17.2. The number of hydrogen-bond acceptors (Lipinski definition) is 5. The van der Waals surface area contributed by atoms with Crippen LogP contribution in [0.5, 0.6) is 0 Å². The van der Waals surface area contributed by atoms with Crippen LogP contribution in [0.15, 0.2) is 41.0 Å². The fraction of sp³-hybridized carbons (Fsp3) is 0.294. The molecule has 128 valence electrons. The molecular weight excluding hydrogens is 322 g/mol. The third kappa shape index (κ3) is 3.10. The van der Waals surface area contributed by atoms with Crippen molar-refractivity contribution in [1.29, 1.82) is 0 Å². The second kappa shape index (κ2) is 6.39. The highest BCUT2D eigenvalue weighted by atomic mass is 16.3. The molecule has 1 saturated heterocycles. The van der Waals surface area contributed by atoms with Crippen LogP contribution in [0.3, 0.4) is 0 Å². The maximum atomic E-state index is 12.5. The monoisotopic (exact) mass is 339 g/mol. The van der Waals surface area contributed by atoms with Gasteiger partial charge in [0, 0.05) is 24.7 Å². The minimum atomic E-state index is -0.179. The Kier molecular flexibility index (Phi) is 3.93. The molecule has 3 heterocycles. The molecule has 1 aromatic carbocycles. The molecule has 0 bridgehead atoms. The number of carbonyl (C=O) groups excluding carboxylic acids is 2. The number of nitrogens with one attached hydrogen (secondary N) is 2. The highest BCUT2D eigenvalue weighted by Crippen LogP contribution is 2.16. The van der Waals surface area contributed by atoms with Gasteiger partial charge in [0.2, 0.25) is 0 Å². The van der Waals surface area contributed by atoms with Crippen molar-refractivity contribution in [3.05, 3.63) is 47.9 Å². The van der Waals surface area contributed by atoms with Gasteiger partial charge in [0.05, 0.1) is 6.26 Å². The van der Waals surface area contributed by atoms with Gasteiger partial charge >= 0.3 is 0 Å². The maximum Gasteiger partial charge on any atom is 0.289 e. The van der Waals surface area contributed by atoms with E-state index in [1.54, 1.807) is 35.2 Å². The van der Waals surface area contributed by atoms with E-state index in [1.165, 1.54) is 6.26 Å². The van der Waals surface area contributed by atoms with Crippen LogP contribution in [-0.4, -0.2) is 51.3 Å². The largest absolute Gasteiger partial charge is 0.459 e. The molecule has 4 rings (SSSR count). The number of furan rings is 1. The van der Waals surface area contributed by atoms with Crippen LogP contribution >= 0.6 is 0 Å². The number of amides is 2. The second-order valence-electron chi connectivity index (χ2n) is 6.07. The highest BCUT2D eigenvalue weighted by molar-refractivity contribution is 5.97. The lowest BCUT2D eigenvalue weighted by molar-refractivity contribution is 0.0647. The van der Waals surface area contributed by atoms with E-state index in [-0.39, 0.29) is 17.9 Å². The molecule has 0 unspecified atom stereocenters. The SMILES string of the molecule is O=C(N[C@H]1CCCN(C(=O)c2ccco2)C1)c1ccc2n[nH]nc2c1. The van der Waals surface area contributed by atoms with E-state index in [4.69, 9.17) is 4.42 Å². The molecule has 1 aliphatic rings. The molecule has 8 heteroatoms. The summed E-state index contributed by atoms with van der Waals surface area (Å²) < 4.78 is 5.17. The Labute approximate surface area is 143 Å². The van der Waals surface area contributed by atoms with Crippen LogP contribution in [0.1, 0.15) is 33.8 Å². The Hall–Kier alpha value is -3.16. The summed E-state index contributed by atoms with van der Waals surface area (Å²) in [6, 6.07) is 8.42. The van der Waals surface area contributed by atoms with Gasteiger partial charge in [-0.15, -0.1) is 0 Å². The minimum Gasteiger partial charge on any atom is -0.459 e. The number of H-pyrrole nitrogens is 1. The molecule has 25 heavy (non-hydrogen) atoms. The number of fused-ring (bicyclic) bond motifs is 1. The molecule has 2 amide bonds. The van der Waals surface area contributed by atoms with E-state index in [2.05, 4.69) is 20.7 Å². The lowest BCUT2D eigenvalue weighted by atomic mass is 10.0. The molecule has 1 aliphatic heterocycles. The molecule has 1 fully saturated rings. The predicted molar refractivity (Wildman–Crippen MR) is 89.0 cm³/mol. The van der Waals surface area contributed by atoms with Crippen molar-refractivity contribution >= 4 is 22.8 Å². The standard InChI is InChI=1S/C17H17N5O3/c23-16(11-5-6-13-14(9-11)20-21-19-13)18-12-3-1-7-22(10-12)17(24)15-4-2-8-25-15/h2,4-6,8-9,12H,1,3,7,10H2,(H,18,23)(H,19,20,21)/t12-/m0/s1. The fourth-order valence-corrected chi connectivity index (χ4v) is 3.09. The van der Waals surface area contributed by atoms with Gasteiger partial charge in [-0.2, -0.15) is 15.4 Å². The van der Waals surface area contributed by atoms with Gasteiger partial charge in [-0.25, -0.2) is 0 Å². The van der Waals surface area contributed by atoms with Gasteiger partial charge in [-0.05, 0) is 43.2 Å². The number of rotatable bonds is 3. The number of piperidine rings is 1. The van der Waals surface area contributed by atoms with Crippen molar-refractivity contribution in [2.24, 2.45) is 0 Å². The third-order valence-electron chi connectivity index (χ3n) is 4.35. The number of likely N-dealkylation sites (tertiary alicyclic amines) is 1. The van der Waals surface area contributed by atoms with Crippen LogP contribution < -0.4 is 5.32 Å². The smallest absolute Gasteiger partial charge is 0.289 e. The number of benzene rings is 1. The van der Waals surface area contributed by atoms with E-state index < -0.39 is 0 Å². The first-order chi connectivity index (χ1) is 12.2. The molecule has 2 aromatic heterocycles. The van der Waals surface area contributed by atoms with Gasteiger partial charge in [0.25, 0.3) is 11.8 Å². The first kappa shape index (κ1) is 15.4. The van der Waals surface area contributed by atoms with E-state index in [0.717, 1.165) is 12.8 Å². The first-order valence-electron chi connectivity index (χ1n) is 8.15. The Morgan fingerprint density at radius 3 is 2.96 bits per heavy atom. The average molecular weight is 339 g/mol. The summed E-state index contributed by atoms with van der Waals surface area (Å²) in [6.45, 7) is 1.13. The van der Waals surface area contributed by atoms with Gasteiger partial charge in [0.1, 0.15) is 11.0 Å². The normalized spacial score (nSPS) is 17.6. The zero-order valence-corrected chi connectivity index (χ0v) is 13.4. The molecule has 0 saturated carbocycles. The summed E-state index contributed by atoms with van der Waals surface area (Å²) in [4.78, 5) is 26.6. The number of nitrogens with zero attached hydrogens (tertiary/aromatic N) is 3. The molecule has 1 atom stereocenters.